The monoisotopic (exact) mass is 239 g/mol. The molecule has 1 aromatic rings. The van der Waals surface area contributed by atoms with Gasteiger partial charge in [-0.05, 0) is 37.7 Å². The van der Waals surface area contributed by atoms with E-state index in [2.05, 4.69) is 15.5 Å². The van der Waals surface area contributed by atoms with E-state index >= 15 is 0 Å². The van der Waals surface area contributed by atoms with E-state index in [0.717, 1.165) is 31.9 Å². The molecule has 1 heterocycles. The second-order valence-electron chi connectivity index (χ2n) is 3.31. The molecule has 3 N–H and O–H groups in total. The van der Waals surface area contributed by atoms with Gasteiger partial charge < -0.3 is 16.0 Å². The second-order valence-corrected chi connectivity index (χ2v) is 3.73. The van der Waals surface area contributed by atoms with Crippen molar-refractivity contribution in [1.82, 2.24) is 15.1 Å². The predicted octanol–water partition coefficient (Wildman–Crippen LogP) is 0.844. The molecule has 1 aromatic heterocycles. The first kappa shape index (κ1) is 12.6. The Balaban J connectivity index is 2.19. The van der Waals surface area contributed by atoms with Gasteiger partial charge in [0.25, 0.3) is 0 Å². The van der Waals surface area contributed by atoms with Crippen molar-refractivity contribution in [2.45, 2.75) is 13.3 Å². The maximum Gasteiger partial charge on any atom is 0.166 e. The molecule has 0 saturated carbocycles. The van der Waals surface area contributed by atoms with Crippen LogP contribution in [0, 0.1) is 0 Å². The van der Waals surface area contributed by atoms with Crippen LogP contribution in [-0.2, 0) is 0 Å². The van der Waals surface area contributed by atoms with Crippen LogP contribution in [0.4, 0.5) is 5.82 Å². The summed E-state index contributed by atoms with van der Waals surface area (Å²) in [6.07, 6.45) is 2.61. The second kappa shape index (κ2) is 6.95. The number of hydrogen-bond acceptors (Lipinski definition) is 4. The number of nitrogens with zero attached hydrogens (tertiary/aromatic N) is 3. The number of aromatic nitrogens is 2. The fourth-order valence-corrected chi connectivity index (χ4v) is 1.53. The molecule has 0 aliphatic carbocycles. The summed E-state index contributed by atoms with van der Waals surface area (Å²) in [6, 6.07) is 3.74. The number of hydrogen-bond donors (Lipinski definition) is 2. The first-order valence-electron chi connectivity index (χ1n) is 5.30. The lowest BCUT2D eigenvalue weighted by molar-refractivity contribution is 0.439. The third kappa shape index (κ3) is 4.39. The standard InChI is InChI=1S/C10H17N5S/c1-2-15(10(11)16)8-4-6-12-9-5-3-7-13-14-9/h3,5,7H,2,4,6,8H2,1H3,(H2,11,16)(H,12,14). The van der Waals surface area contributed by atoms with Crippen LogP contribution >= 0.6 is 12.2 Å². The summed E-state index contributed by atoms with van der Waals surface area (Å²) in [6.45, 7) is 4.58. The van der Waals surface area contributed by atoms with Crippen molar-refractivity contribution >= 4 is 23.1 Å². The molecule has 0 amide bonds. The van der Waals surface area contributed by atoms with Gasteiger partial charge in [0.1, 0.15) is 5.82 Å². The average Bonchev–Trinajstić information content (AvgIpc) is 2.30. The molecule has 0 unspecified atom stereocenters. The summed E-state index contributed by atoms with van der Waals surface area (Å²) in [5.74, 6) is 0.792. The SMILES string of the molecule is CCN(CCCNc1cccnn1)C(N)=S. The van der Waals surface area contributed by atoms with Crippen molar-refractivity contribution in [2.24, 2.45) is 5.73 Å². The molecule has 0 fully saturated rings. The Kier molecular flexibility index (Phi) is 5.49. The summed E-state index contributed by atoms with van der Waals surface area (Å²) in [4.78, 5) is 1.97. The van der Waals surface area contributed by atoms with Crippen LogP contribution in [0.1, 0.15) is 13.3 Å². The van der Waals surface area contributed by atoms with E-state index in [1.54, 1.807) is 6.20 Å². The van der Waals surface area contributed by atoms with Gasteiger partial charge in [-0.2, -0.15) is 5.10 Å². The zero-order chi connectivity index (χ0) is 11.8. The van der Waals surface area contributed by atoms with Gasteiger partial charge in [0.15, 0.2) is 5.11 Å². The van der Waals surface area contributed by atoms with Crippen molar-refractivity contribution < 1.29 is 0 Å². The fraction of sp³-hybridized carbons (Fsp3) is 0.500. The van der Waals surface area contributed by atoms with Crippen LogP contribution in [0.5, 0.6) is 0 Å². The van der Waals surface area contributed by atoms with Gasteiger partial charge in [-0.25, -0.2) is 0 Å². The van der Waals surface area contributed by atoms with Gasteiger partial charge >= 0.3 is 0 Å². The van der Waals surface area contributed by atoms with Crippen LogP contribution in [0.3, 0.4) is 0 Å². The van der Waals surface area contributed by atoms with Gasteiger partial charge in [0, 0.05) is 25.8 Å². The molecule has 0 atom stereocenters. The van der Waals surface area contributed by atoms with Crippen molar-refractivity contribution in [2.75, 3.05) is 25.0 Å². The van der Waals surface area contributed by atoms with E-state index in [9.17, 15) is 0 Å². The van der Waals surface area contributed by atoms with E-state index in [4.69, 9.17) is 18.0 Å². The third-order valence-electron chi connectivity index (χ3n) is 2.18. The lowest BCUT2D eigenvalue weighted by Gasteiger charge is -2.20. The van der Waals surface area contributed by atoms with Gasteiger partial charge in [0.05, 0.1) is 0 Å². The number of nitrogens with one attached hydrogen (secondary N) is 1. The average molecular weight is 239 g/mol. The topological polar surface area (TPSA) is 67.1 Å². The predicted molar refractivity (Wildman–Crippen MR) is 69.2 cm³/mol. The Morgan fingerprint density at radius 1 is 1.62 bits per heavy atom. The Hall–Kier alpha value is -1.43. The third-order valence-corrected chi connectivity index (χ3v) is 2.43. The molecule has 0 aliphatic rings. The van der Waals surface area contributed by atoms with Gasteiger partial charge in [-0.1, -0.05) is 0 Å². The van der Waals surface area contributed by atoms with Crippen LogP contribution < -0.4 is 11.1 Å². The molecule has 0 aromatic carbocycles. The highest BCUT2D eigenvalue weighted by molar-refractivity contribution is 7.80. The van der Waals surface area contributed by atoms with E-state index < -0.39 is 0 Å². The summed E-state index contributed by atoms with van der Waals surface area (Å²) in [5, 5.41) is 11.3. The highest BCUT2D eigenvalue weighted by Gasteiger charge is 2.02. The highest BCUT2D eigenvalue weighted by atomic mass is 32.1. The summed E-state index contributed by atoms with van der Waals surface area (Å²) < 4.78 is 0. The van der Waals surface area contributed by atoms with E-state index in [1.807, 2.05) is 24.0 Å². The lowest BCUT2D eigenvalue weighted by atomic mass is 10.4. The van der Waals surface area contributed by atoms with Gasteiger partial charge in [-0.3, -0.25) is 0 Å². The largest absolute Gasteiger partial charge is 0.376 e. The van der Waals surface area contributed by atoms with Crippen LogP contribution in [-0.4, -0.2) is 39.8 Å². The Morgan fingerprint density at radius 2 is 2.44 bits per heavy atom. The minimum absolute atomic E-state index is 0.460. The molecule has 88 valence electrons. The van der Waals surface area contributed by atoms with E-state index in [-0.39, 0.29) is 0 Å². The molecule has 0 aliphatic heterocycles. The highest BCUT2D eigenvalue weighted by Crippen LogP contribution is 1.98. The first-order chi connectivity index (χ1) is 7.74. The smallest absolute Gasteiger partial charge is 0.166 e. The first-order valence-corrected chi connectivity index (χ1v) is 5.70. The maximum absolute atomic E-state index is 5.56. The molecule has 5 nitrogen and oxygen atoms in total. The number of anilines is 1. The molecule has 0 radical (unpaired) electrons. The summed E-state index contributed by atoms with van der Waals surface area (Å²) >= 11 is 4.92. The maximum atomic E-state index is 5.56. The van der Waals surface area contributed by atoms with Gasteiger partial charge in [-0.15, -0.1) is 5.10 Å². The zero-order valence-electron chi connectivity index (χ0n) is 9.39. The molecule has 0 spiro atoms. The zero-order valence-corrected chi connectivity index (χ0v) is 10.2. The molecular formula is C10H17N5S. The van der Waals surface area contributed by atoms with Crippen molar-refractivity contribution in [3.8, 4) is 0 Å². The minimum Gasteiger partial charge on any atom is -0.376 e. The molecule has 1 rings (SSSR count). The Bertz CT molecular complexity index is 316. The fourth-order valence-electron chi connectivity index (χ4n) is 1.31. The van der Waals surface area contributed by atoms with Crippen LogP contribution in [0.15, 0.2) is 18.3 Å². The van der Waals surface area contributed by atoms with Gasteiger partial charge in [0.2, 0.25) is 0 Å². The number of nitrogens with two attached hydrogens (primary N) is 1. The lowest BCUT2D eigenvalue weighted by Crippen LogP contribution is -2.36. The Morgan fingerprint density at radius 3 is 3.00 bits per heavy atom. The van der Waals surface area contributed by atoms with Crippen molar-refractivity contribution in [3.63, 3.8) is 0 Å². The van der Waals surface area contributed by atoms with Crippen molar-refractivity contribution in [3.05, 3.63) is 18.3 Å². The normalized spacial score (nSPS) is 9.81. The summed E-state index contributed by atoms with van der Waals surface area (Å²) in [5.41, 5.74) is 5.56. The molecule has 0 bridgehead atoms. The Labute approximate surface area is 101 Å². The molecular weight excluding hydrogens is 222 g/mol. The van der Waals surface area contributed by atoms with Crippen LogP contribution in [0.2, 0.25) is 0 Å². The molecule has 16 heavy (non-hydrogen) atoms. The quantitative estimate of drug-likeness (QED) is 0.566. The number of thiocarbonyl (C=S) groups is 1. The minimum atomic E-state index is 0.460. The van der Waals surface area contributed by atoms with E-state index in [1.165, 1.54) is 0 Å². The molecule has 6 heteroatoms. The molecule has 0 saturated heterocycles. The van der Waals surface area contributed by atoms with Crippen molar-refractivity contribution in [1.29, 1.82) is 0 Å². The number of rotatable bonds is 6. The summed E-state index contributed by atoms with van der Waals surface area (Å²) in [7, 11) is 0. The van der Waals surface area contributed by atoms with Crippen LogP contribution in [0.25, 0.3) is 0 Å². The van der Waals surface area contributed by atoms with E-state index in [0.29, 0.717) is 5.11 Å².